The van der Waals surface area contributed by atoms with Crippen molar-refractivity contribution in [2.45, 2.75) is 39.0 Å². The van der Waals surface area contributed by atoms with Gasteiger partial charge in [0.25, 0.3) is 5.91 Å². The van der Waals surface area contributed by atoms with Crippen molar-refractivity contribution in [2.24, 2.45) is 5.92 Å². The summed E-state index contributed by atoms with van der Waals surface area (Å²) >= 11 is 0. The zero-order valence-electron chi connectivity index (χ0n) is 15.1. The molecular formula is C21H25NO4. The number of benzene rings is 1. The third-order valence-electron chi connectivity index (χ3n) is 5.16. The Bertz CT molecular complexity index is 758. The fourth-order valence-corrected chi connectivity index (χ4v) is 3.57. The van der Waals surface area contributed by atoms with Crippen molar-refractivity contribution in [1.29, 1.82) is 0 Å². The van der Waals surface area contributed by atoms with Gasteiger partial charge in [0.2, 0.25) is 0 Å². The summed E-state index contributed by atoms with van der Waals surface area (Å²) < 4.78 is 5.50. The third-order valence-corrected chi connectivity index (χ3v) is 5.16. The molecule has 0 unspecified atom stereocenters. The number of aryl methyl sites for hydroxylation is 2. The van der Waals surface area contributed by atoms with Crippen LogP contribution in [0.4, 0.5) is 0 Å². The second-order valence-electron chi connectivity index (χ2n) is 6.87. The highest BCUT2D eigenvalue weighted by Gasteiger charge is 2.27. The van der Waals surface area contributed by atoms with Crippen LogP contribution in [0, 0.1) is 5.92 Å². The lowest BCUT2D eigenvalue weighted by Crippen LogP contribution is -2.38. The first-order valence-corrected chi connectivity index (χ1v) is 9.27. The molecule has 2 aromatic rings. The molecule has 0 radical (unpaired) electrons. The Kier molecular flexibility index (Phi) is 5.76. The number of likely N-dealkylation sites (tertiary alicyclic amines) is 1. The summed E-state index contributed by atoms with van der Waals surface area (Å²) in [6, 6.07) is 11.8. The minimum Gasteiger partial charge on any atom is -0.478 e. The van der Waals surface area contributed by atoms with Crippen LogP contribution in [-0.4, -0.2) is 35.0 Å². The Hall–Kier alpha value is -2.56. The number of piperidine rings is 1. The van der Waals surface area contributed by atoms with Crippen LogP contribution in [0.5, 0.6) is 0 Å². The molecule has 1 aliphatic heterocycles. The molecule has 1 aromatic heterocycles. The predicted molar refractivity (Wildman–Crippen MR) is 98.4 cm³/mol. The van der Waals surface area contributed by atoms with Gasteiger partial charge in [-0.15, -0.1) is 0 Å². The zero-order chi connectivity index (χ0) is 18.5. The Balaban J connectivity index is 1.54. The molecule has 3 rings (SSSR count). The van der Waals surface area contributed by atoms with Crippen molar-refractivity contribution in [2.75, 3.05) is 13.1 Å². The first kappa shape index (κ1) is 18.2. The summed E-state index contributed by atoms with van der Waals surface area (Å²) in [5, 5.41) is 9.21. The SMILES string of the molecule is CCc1oc(C(=O)N2CCC(CCc3ccccc3)CC2)cc1C(=O)O. The smallest absolute Gasteiger partial charge is 0.339 e. The first-order valence-electron chi connectivity index (χ1n) is 9.27. The number of amides is 1. The third kappa shape index (κ3) is 4.15. The van der Waals surface area contributed by atoms with Crippen molar-refractivity contribution in [3.05, 3.63) is 59.0 Å². The Labute approximate surface area is 153 Å². The second-order valence-corrected chi connectivity index (χ2v) is 6.87. The molecule has 138 valence electrons. The molecule has 0 atom stereocenters. The monoisotopic (exact) mass is 355 g/mol. The van der Waals surface area contributed by atoms with Crippen LogP contribution in [0.15, 0.2) is 40.8 Å². The summed E-state index contributed by atoms with van der Waals surface area (Å²) in [6.07, 6.45) is 4.61. The number of furan rings is 1. The number of aromatic carboxylic acids is 1. The van der Waals surface area contributed by atoms with Gasteiger partial charge in [-0.3, -0.25) is 4.79 Å². The Morgan fingerprint density at radius 3 is 2.46 bits per heavy atom. The highest BCUT2D eigenvalue weighted by molar-refractivity contribution is 5.96. The van der Waals surface area contributed by atoms with Crippen molar-refractivity contribution >= 4 is 11.9 Å². The van der Waals surface area contributed by atoms with Crippen LogP contribution >= 0.6 is 0 Å². The fraction of sp³-hybridized carbons (Fsp3) is 0.429. The Morgan fingerprint density at radius 2 is 1.88 bits per heavy atom. The quantitative estimate of drug-likeness (QED) is 0.849. The van der Waals surface area contributed by atoms with E-state index in [1.54, 1.807) is 4.90 Å². The number of hydrogen-bond donors (Lipinski definition) is 1. The van der Waals surface area contributed by atoms with Crippen LogP contribution < -0.4 is 0 Å². The van der Waals surface area contributed by atoms with Gasteiger partial charge in [-0.1, -0.05) is 37.3 Å². The van der Waals surface area contributed by atoms with Crippen molar-refractivity contribution in [3.8, 4) is 0 Å². The molecule has 1 aliphatic rings. The molecule has 0 spiro atoms. The maximum absolute atomic E-state index is 12.6. The van der Waals surface area contributed by atoms with Gasteiger partial charge in [0.05, 0.1) is 0 Å². The van der Waals surface area contributed by atoms with Gasteiger partial charge in [0, 0.05) is 25.6 Å². The number of carbonyl (C=O) groups excluding carboxylic acids is 1. The minimum atomic E-state index is -1.05. The van der Waals surface area contributed by atoms with E-state index in [0.717, 1.165) is 25.7 Å². The van der Waals surface area contributed by atoms with Crippen LogP contribution in [0.25, 0.3) is 0 Å². The lowest BCUT2D eigenvalue weighted by molar-refractivity contribution is 0.0650. The van der Waals surface area contributed by atoms with Crippen LogP contribution in [0.3, 0.4) is 0 Å². The average Bonchev–Trinajstić information content (AvgIpc) is 3.12. The van der Waals surface area contributed by atoms with E-state index in [1.165, 1.54) is 11.6 Å². The van der Waals surface area contributed by atoms with Gasteiger partial charge in [0.15, 0.2) is 5.76 Å². The van der Waals surface area contributed by atoms with Gasteiger partial charge in [-0.05, 0) is 37.2 Å². The van der Waals surface area contributed by atoms with Gasteiger partial charge in [-0.25, -0.2) is 4.79 Å². The molecule has 1 amide bonds. The van der Waals surface area contributed by atoms with E-state index in [4.69, 9.17) is 4.42 Å². The number of carbonyl (C=O) groups is 2. The number of hydrogen-bond acceptors (Lipinski definition) is 3. The highest BCUT2D eigenvalue weighted by Crippen LogP contribution is 2.25. The number of carboxylic acids is 1. The molecule has 1 aromatic carbocycles. The molecule has 0 aliphatic carbocycles. The molecule has 1 N–H and O–H groups in total. The maximum Gasteiger partial charge on any atom is 0.339 e. The molecule has 1 fully saturated rings. The highest BCUT2D eigenvalue weighted by atomic mass is 16.4. The van der Waals surface area contributed by atoms with Crippen LogP contribution in [0.2, 0.25) is 0 Å². The predicted octanol–water partition coefficient (Wildman–Crippen LogP) is 4.03. The summed E-state index contributed by atoms with van der Waals surface area (Å²) in [4.78, 5) is 25.6. The van der Waals surface area contributed by atoms with E-state index in [1.807, 2.05) is 13.0 Å². The number of rotatable bonds is 6. The standard InChI is InChI=1S/C21H25NO4/c1-2-18-17(21(24)25)14-19(26-18)20(23)22-12-10-16(11-13-22)9-8-15-6-4-3-5-7-15/h3-7,14,16H,2,8-13H2,1H3,(H,24,25). The summed E-state index contributed by atoms with van der Waals surface area (Å²) in [7, 11) is 0. The molecular weight excluding hydrogens is 330 g/mol. The van der Waals surface area contributed by atoms with Crippen molar-refractivity contribution in [3.63, 3.8) is 0 Å². The van der Waals surface area contributed by atoms with E-state index < -0.39 is 5.97 Å². The molecule has 0 bridgehead atoms. The van der Waals surface area contributed by atoms with Gasteiger partial charge in [-0.2, -0.15) is 0 Å². The molecule has 1 saturated heterocycles. The molecule has 26 heavy (non-hydrogen) atoms. The summed E-state index contributed by atoms with van der Waals surface area (Å²) in [5.74, 6) is -0.129. The lowest BCUT2D eigenvalue weighted by atomic mass is 9.90. The van der Waals surface area contributed by atoms with Gasteiger partial charge in [0.1, 0.15) is 11.3 Å². The Morgan fingerprint density at radius 1 is 1.19 bits per heavy atom. The van der Waals surface area contributed by atoms with E-state index in [2.05, 4.69) is 24.3 Å². The number of nitrogens with zero attached hydrogens (tertiary/aromatic N) is 1. The second kappa shape index (κ2) is 8.21. The van der Waals surface area contributed by atoms with E-state index in [0.29, 0.717) is 31.2 Å². The molecule has 2 heterocycles. The summed E-state index contributed by atoms with van der Waals surface area (Å²) in [6.45, 7) is 3.21. The average molecular weight is 355 g/mol. The zero-order valence-corrected chi connectivity index (χ0v) is 15.1. The van der Waals surface area contributed by atoms with E-state index >= 15 is 0 Å². The molecule has 5 heteroatoms. The molecule has 5 nitrogen and oxygen atoms in total. The van der Waals surface area contributed by atoms with Crippen LogP contribution in [-0.2, 0) is 12.8 Å². The minimum absolute atomic E-state index is 0.0913. The molecule has 0 saturated carbocycles. The van der Waals surface area contributed by atoms with E-state index in [9.17, 15) is 14.7 Å². The van der Waals surface area contributed by atoms with Crippen LogP contribution in [0.1, 0.15) is 58.4 Å². The maximum atomic E-state index is 12.6. The normalized spacial score (nSPS) is 15.2. The fourth-order valence-electron chi connectivity index (χ4n) is 3.57. The first-order chi connectivity index (χ1) is 12.6. The van der Waals surface area contributed by atoms with Crippen molar-refractivity contribution < 1.29 is 19.1 Å². The van der Waals surface area contributed by atoms with Gasteiger partial charge < -0.3 is 14.4 Å². The van der Waals surface area contributed by atoms with Crippen molar-refractivity contribution in [1.82, 2.24) is 4.90 Å². The van der Waals surface area contributed by atoms with Gasteiger partial charge >= 0.3 is 5.97 Å². The number of carboxylic acid groups (broad SMARTS) is 1. The lowest BCUT2D eigenvalue weighted by Gasteiger charge is -2.31. The summed E-state index contributed by atoms with van der Waals surface area (Å²) in [5.41, 5.74) is 1.45. The van der Waals surface area contributed by atoms with E-state index in [-0.39, 0.29) is 17.2 Å². The topological polar surface area (TPSA) is 70.8 Å². The largest absolute Gasteiger partial charge is 0.478 e.